The summed E-state index contributed by atoms with van der Waals surface area (Å²) in [5.41, 5.74) is 0. The van der Waals surface area contributed by atoms with Crippen molar-refractivity contribution in [1.82, 2.24) is 14.8 Å². The lowest BCUT2D eigenvalue weighted by Gasteiger charge is -1.95. The minimum Gasteiger partial charge on any atom is -0.290 e. The van der Waals surface area contributed by atoms with Crippen molar-refractivity contribution in [3.05, 3.63) is 12.2 Å². The molecule has 0 aliphatic carbocycles. The summed E-state index contributed by atoms with van der Waals surface area (Å²) < 4.78 is 1.48. The minimum atomic E-state index is 0.0255. The predicted octanol–water partition coefficient (Wildman–Crippen LogP) is 0.361. The summed E-state index contributed by atoms with van der Waals surface area (Å²) >= 11 is 1.49. The van der Waals surface area contributed by atoms with Gasteiger partial charge in [0.25, 0.3) is 0 Å². The van der Waals surface area contributed by atoms with Gasteiger partial charge in [-0.25, -0.2) is 9.67 Å². The van der Waals surface area contributed by atoms with E-state index in [9.17, 15) is 4.79 Å². The Balaban J connectivity index is 2.76. The average Bonchev–Trinajstić information content (AvgIpc) is 2.36. The Morgan fingerprint density at radius 1 is 1.82 bits per heavy atom. The zero-order valence-electron chi connectivity index (χ0n) is 6.44. The quantitative estimate of drug-likeness (QED) is 0.616. The van der Waals surface area contributed by atoms with E-state index < -0.39 is 0 Å². The molecule has 0 fully saturated rings. The molecule has 1 rings (SSSR count). The molecule has 0 N–H and O–H groups in total. The number of hydrogen-bond donors (Lipinski definition) is 0. The van der Waals surface area contributed by atoms with E-state index in [1.54, 1.807) is 7.05 Å². The van der Waals surface area contributed by atoms with Gasteiger partial charge in [0, 0.05) is 7.05 Å². The summed E-state index contributed by atoms with van der Waals surface area (Å²) in [5.74, 6) is 0.920. The second-order valence-electron chi connectivity index (χ2n) is 2.06. The smallest absolute Gasteiger partial charge is 0.209 e. The molecule has 1 aromatic rings. The Morgan fingerprint density at radius 2 is 2.55 bits per heavy atom. The molecule has 5 heteroatoms. The molecule has 60 valence electrons. The summed E-state index contributed by atoms with van der Waals surface area (Å²) in [6.45, 7) is 0. The van der Waals surface area contributed by atoms with Crippen LogP contribution in [0.25, 0.3) is 0 Å². The number of carbonyl (C=O) groups is 1. The number of Topliss-reactive ketones (excluding diaryl/α,β-unsaturated/α-hetero) is 1. The monoisotopic (exact) mass is 171 g/mol. The minimum absolute atomic E-state index is 0.0255. The van der Waals surface area contributed by atoms with Gasteiger partial charge in [-0.1, -0.05) is 0 Å². The van der Waals surface area contributed by atoms with Gasteiger partial charge in [-0.05, 0) is 6.26 Å². The largest absolute Gasteiger partial charge is 0.290 e. The maximum atomic E-state index is 11.2. The van der Waals surface area contributed by atoms with E-state index in [0.717, 1.165) is 0 Å². The third kappa shape index (κ3) is 1.80. The van der Waals surface area contributed by atoms with Crippen molar-refractivity contribution >= 4 is 17.5 Å². The average molecular weight is 171 g/mol. The van der Waals surface area contributed by atoms with Crippen LogP contribution in [-0.4, -0.2) is 32.6 Å². The molecule has 0 aliphatic heterocycles. The molecule has 0 aliphatic rings. The molecule has 11 heavy (non-hydrogen) atoms. The fourth-order valence-corrected chi connectivity index (χ4v) is 1.14. The number of nitrogens with zero attached hydrogens (tertiary/aromatic N) is 3. The zero-order valence-corrected chi connectivity index (χ0v) is 7.26. The predicted molar refractivity (Wildman–Crippen MR) is 43.7 cm³/mol. The highest BCUT2D eigenvalue weighted by Gasteiger charge is 2.09. The first kappa shape index (κ1) is 8.26. The van der Waals surface area contributed by atoms with Crippen molar-refractivity contribution in [1.29, 1.82) is 0 Å². The lowest BCUT2D eigenvalue weighted by atomic mass is 10.4. The van der Waals surface area contributed by atoms with Crippen LogP contribution in [0.15, 0.2) is 6.33 Å². The highest BCUT2D eigenvalue weighted by atomic mass is 32.2. The van der Waals surface area contributed by atoms with Crippen LogP contribution >= 0.6 is 11.8 Å². The number of rotatable bonds is 3. The number of ketones is 1. The highest BCUT2D eigenvalue weighted by Crippen LogP contribution is 1.99. The Labute approximate surface area is 69.0 Å². The summed E-state index contributed by atoms with van der Waals surface area (Å²) in [7, 11) is 1.71. The van der Waals surface area contributed by atoms with Crippen molar-refractivity contribution in [2.75, 3.05) is 12.0 Å². The van der Waals surface area contributed by atoms with Gasteiger partial charge in [0.15, 0.2) is 5.82 Å². The summed E-state index contributed by atoms with van der Waals surface area (Å²) in [6.07, 6.45) is 3.27. The normalized spacial score (nSPS) is 10.0. The third-order valence-electron chi connectivity index (χ3n) is 1.24. The van der Waals surface area contributed by atoms with Crippen molar-refractivity contribution in [2.45, 2.75) is 0 Å². The summed E-state index contributed by atoms with van der Waals surface area (Å²) in [6, 6.07) is 0. The Hall–Kier alpha value is -0.840. The molecule has 0 amide bonds. The Bertz CT molecular complexity index is 258. The Kier molecular flexibility index (Phi) is 2.64. The van der Waals surface area contributed by atoms with Crippen LogP contribution in [0, 0.1) is 0 Å². The van der Waals surface area contributed by atoms with E-state index in [4.69, 9.17) is 0 Å². The number of hydrogen-bond acceptors (Lipinski definition) is 4. The first-order valence-electron chi connectivity index (χ1n) is 3.12. The molecule has 0 spiro atoms. The molecule has 0 radical (unpaired) electrons. The molecule has 0 saturated heterocycles. The SMILES string of the molecule is CSCC(=O)c1ncnn1C. The second kappa shape index (κ2) is 3.52. The lowest BCUT2D eigenvalue weighted by molar-refractivity contribution is 0.100. The van der Waals surface area contributed by atoms with Gasteiger partial charge in [0.2, 0.25) is 5.78 Å². The molecule has 0 saturated carbocycles. The first-order valence-corrected chi connectivity index (χ1v) is 4.51. The van der Waals surface area contributed by atoms with Crippen molar-refractivity contribution < 1.29 is 4.79 Å². The molecule has 0 bridgehead atoms. The van der Waals surface area contributed by atoms with Crippen molar-refractivity contribution in [2.24, 2.45) is 7.05 Å². The zero-order chi connectivity index (χ0) is 8.27. The van der Waals surface area contributed by atoms with Crippen LogP contribution in [0.3, 0.4) is 0 Å². The standard InChI is InChI=1S/C6H9N3OS/c1-9-6(7-4-8-9)5(10)3-11-2/h4H,3H2,1-2H3. The molecular weight excluding hydrogens is 162 g/mol. The second-order valence-corrected chi connectivity index (χ2v) is 2.93. The molecule has 4 nitrogen and oxygen atoms in total. The van der Waals surface area contributed by atoms with E-state index in [2.05, 4.69) is 10.1 Å². The van der Waals surface area contributed by atoms with Crippen LogP contribution in [0.2, 0.25) is 0 Å². The van der Waals surface area contributed by atoms with Crippen molar-refractivity contribution in [3.63, 3.8) is 0 Å². The van der Waals surface area contributed by atoms with Gasteiger partial charge < -0.3 is 0 Å². The van der Waals surface area contributed by atoms with Gasteiger partial charge in [-0.3, -0.25) is 4.79 Å². The number of carbonyl (C=O) groups excluding carboxylic acids is 1. The van der Waals surface area contributed by atoms with Crippen molar-refractivity contribution in [3.8, 4) is 0 Å². The molecule has 1 aromatic heterocycles. The van der Waals surface area contributed by atoms with Gasteiger partial charge in [0.05, 0.1) is 5.75 Å². The van der Waals surface area contributed by atoms with E-state index in [0.29, 0.717) is 11.6 Å². The summed E-state index contributed by atoms with van der Waals surface area (Å²) in [5, 5.41) is 3.80. The molecular formula is C6H9N3OS. The van der Waals surface area contributed by atoms with Gasteiger partial charge in [-0.15, -0.1) is 0 Å². The fraction of sp³-hybridized carbons (Fsp3) is 0.500. The topological polar surface area (TPSA) is 47.8 Å². The summed E-state index contributed by atoms with van der Waals surface area (Å²) in [4.78, 5) is 15.0. The molecule has 0 atom stereocenters. The fourth-order valence-electron chi connectivity index (χ4n) is 0.744. The van der Waals surface area contributed by atoms with E-state index >= 15 is 0 Å². The number of thioether (sulfide) groups is 1. The maximum Gasteiger partial charge on any atom is 0.209 e. The number of aryl methyl sites for hydroxylation is 1. The molecule has 1 heterocycles. The van der Waals surface area contributed by atoms with Crippen LogP contribution in [-0.2, 0) is 7.05 Å². The van der Waals surface area contributed by atoms with Crippen LogP contribution < -0.4 is 0 Å². The van der Waals surface area contributed by atoms with E-state index in [-0.39, 0.29) is 5.78 Å². The van der Waals surface area contributed by atoms with E-state index in [1.807, 2.05) is 6.26 Å². The first-order chi connectivity index (χ1) is 5.25. The van der Waals surface area contributed by atoms with Crippen LogP contribution in [0.4, 0.5) is 0 Å². The molecule has 0 aromatic carbocycles. The van der Waals surface area contributed by atoms with Crippen LogP contribution in [0.1, 0.15) is 10.6 Å². The molecule has 0 unspecified atom stereocenters. The van der Waals surface area contributed by atoms with Crippen LogP contribution in [0.5, 0.6) is 0 Å². The number of aromatic nitrogens is 3. The third-order valence-corrected chi connectivity index (χ3v) is 1.79. The highest BCUT2D eigenvalue weighted by molar-refractivity contribution is 7.99. The van der Waals surface area contributed by atoms with E-state index in [1.165, 1.54) is 22.8 Å². The Morgan fingerprint density at radius 3 is 3.00 bits per heavy atom. The van der Waals surface area contributed by atoms with Gasteiger partial charge in [-0.2, -0.15) is 16.9 Å². The van der Waals surface area contributed by atoms with Gasteiger partial charge >= 0.3 is 0 Å². The lowest BCUT2D eigenvalue weighted by Crippen LogP contribution is -2.10. The van der Waals surface area contributed by atoms with Gasteiger partial charge in [0.1, 0.15) is 6.33 Å². The maximum absolute atomic E-state index is 11.2.